The van der Waals surface area contributed by atoms with Crippen molar-refractivity contribution < 1.29 is 36.2 Å². The van der Waals surface area contributed by atoms with Crippen molar-refractivity contribution in [1.82, 2.24) is 9.80 Å². The van der Waals surface area contributed by atoms with Crippen molar-refractivity contribution in [3.05, 3.63) is 70.8 Å². The number of aliphatic hydroxyl groups excluding tert-OH is 1. The summed E-state index contributed by atoms with van der Waals surface area (Å²) < 4.78 is 79.6. The van der Waals surface area contributed by atoms with Crippen LogP contribution in [0.4, 0.5) is 26.3 Å². The Morgan fingerprint density at radius 2 is 1.47 bits per heavy atom. The average molecular weight is 486 g/mol. The highest BCUT2D eigenvalue weighted by molar-refractivity contribution is 5.95. The Morgan fingerprint density at radius 3 is 2.00 bits per heavy atom. The van der Waals surface area contributed by atoms with Crippen LogP contribution in [0.15, 0.2) is 48.5 Å². The lowest BCUT2D eigenvalue weighted by atomic mass is 9.84. The molecule has 0 aromatic heterocycles. The topological polar surface area (TPSA) is 43.8 Å². The molecule has 2 fully saturated rings. The fraction of sp³-hybridized carbons (Fsp3) is 0.458. The van der Waals surface area contributed by atoms with E-state index in [-0.39, 0.29) is 31.1 Å². The number of rotatable bonds is 3. The molecule has 10 heteroatoms. The monoisotopic (exact) mass is 486 g/mol. The van der Waals surface area contributed by atoms with Crippen LogP contribution in [0.2, 0.25) is 0 Å². The normalized spacial score (nSPS) is 24.4. The van der Waals surface area contributed by atoms with Gasteiger partial charge in [-0.3, -0.25) is 9.69 Å². The van der Waals surface area contributed by atoms with Crippen molar-refractivity contribution in [2.75, 3.05) is 26.2 Å². The summed E-state index contributed by atoms with van der Waals surface area (Å²) in [4.78, 5) is 16.6. The number of nitrogens with zero attached hydrogens (tertiary/aromatic N) is 2. The molecule has 184 valence electrons. The molecule has 1 amide bonds. The highest BCUT2D eigenvalue weighted by atomic mass is 19.4. The third-order valence-corrected chi connectivity index (χ3v) is 6.59. The largest absolute Gasteiger partial charge is 0.416 e. The predicted molar refractivity (Wildman–Crippen MR) is 112 cm³/mol. The van der Waals surface area contributed by atoms with Crippen LogP contribution >= 0.6 is 0 Å². The highest BCUT2D eigenvalue weighted by Crippen LogP contribution is 2.38. The number of alkyl halides is 6. The molecule has 1 N–H and O–H groups in total. The summed E-state index contributed by atoms with van der Waals surface area (Å²) in [7, 11) is 0. The number of likely N-dealkylation sites (tertiary alicyclic amines) is 2. The van der Waals surface area contributed by atoms with Gasteiger partial charge in [-0.15, -0.1) is 0 Å². The van der Waals surface area contributed by atoms with E-state index in [2.05, 4.69) is 4.90 Å². The Bertz CT molecular complexity index is 992. The van der Waals surface area contributed by atoms with Crippen molar-refractivity contribution in [3.8, 4) is 0 Å². The van der Waals surface area contributed by atoms with E-state index in [1.165, 1.54) is 4.90 Å². The smallest absolute Gasteiger partial charge is 0.392 e. The van der Waals surface area contributed by atoms with Crippen LogP contribution in [0.25, 0.3) is 0 Å². The fourth-order valence-corrected chi connectivity index (χ4v) is 4.92. The second-order valence-electron chi connectivity index (χ2n) is 8.86. The maximum Gasteiger partial charge on any atom is 0.416 e. The van der Waals surface area contributed by atoms with Gasteiger partial charge in [0, 0.05) is 43.7 Å². The van der Waals surface area contributed by atoms with E-state index in [9.17, 15) is 36.2 Å². The zero-order valence-electron chi connectivity index (χ0n) is 18.1. The zero-order valence-corrected chi connectivity index (χ0v) is 18.1. The summed E-state index contributed by atoms with van der Waals surface area (Å²) >= 11 is 0. The Kier molecular flexibility index (Phi) is 6.65. The predicted octanol–water partition coefficient (Wildman–Crippen LogP) is 4.79. The minimum atomic E-state index is -5.02. The molecule has 2 aliphatic heterocycles. The highest BCUT2D eigenvalue weighted by Gasteiger charge is 2.41. The van der Waals surface area contributed by atoms with Gasteiger partial charge in [-0.2, -0.15) is 26.3 Å². The van der Waals surface area contributed by atoms with Crippen LogP contribution in [0, 0.1) is 0 Å². The molecule has 4 nitrogen and oxygen atoms in total. The van der Waals surface area contributed by atoms with E-state index in [0.717, 1.165) is 5.56 Å². The Balaban J connectivity index is 1.64. The van der Waals surface area contributed by atoms with E-state index in [1.807, 2.05) is 30.3 Å². The first-order valence-corrected chi connectivity index (χ1v) is 11.0. The van der Waals surface area contributed by atoms with Gasteiger partial charge >= 0.3 is 12.4 Å². The first-order chi connectivity index (χ1) is 15.9. The van der Waals surface area contributed by atoms with Gasteiger partial charge in [-0.25, -0.2) is 0 Å². The average Bonchev–Trinajstić information content (AvgIpc) is 3.23. The second-order valence-corrected chi connectivity index (χ2v) is 8.86. The zero-order chi connectivity index (χ0) is 24.7. The van der Waals surface area contributed by atoms with Crippen molar-refractivity contribution >= 4 is 5.91 Å². The van der Waals surface area contributed by atoms with Gasteiger partial charge in [-0.1, -0.05) is 30.3 Å². The van der Waals surface area contributed by atoms with Crippen molar-refractivity contribution in [1.29, 1.82) is 0 Å². The summed E-state index contributed by atoms with van der Waals surface area (Å²) in [5, 5.41) is 9.97. The van der Waals surface area contributed by atoms with Crippen LogP contribution in [0.3, 0.4) is 0 Å². The minimum absolute atomic E-state index is 0.00385. The molecule has 2 aromatic rings. The van der Waals surface area contributed by atoms with Gasteiger partial charge in [0.05, 0.1) is 17.2 Å². The molecule has 34 heavy (non-hydrogen) atoms. The Morgan fingerprint density at radius 1 is 0.853 bits per heavy atom. The van der Waals surface area contributed by atoms with E-state index in [0.29, 0.717) is 38.1 Å². The number of benzene rings is 2. The van der Waals surface area contributed by atoms with E-state index in [1.54, 1.807) is 0 Å². The van der Waals surface area contributed by atoms with Gasteiger partial charge in [0.25, 0.3) is 5.91 Å². The van der Waals surface area contributed by atoms with Crippen molar-refractivity contribution in [3.63, 3.8) is 0 Å². The first kappa shape index (κ1) is 24.5. The molecule has 0 saturated carbocycles. The number of hydrogen-bond acceptors (Lipinski definition) is 3. The molecule has 4 rings (SSSR count). The third kappa shape index (κ3) is 5.22. The third-order valence-electron chi connectivity index (χ3n) is 6.59. The fourth-order valence-electron chi connectivity index (χ4n) is 4.92. The standard InChI is InChI=1S/C24H24F6N2O2/c25-23(26,27)17-10-16(11-18(12-17)24(28,29)30)22(34)32-9-7-21(31-8-6-19(33)13-31)20(14-32)15-4-2-1-3-5-15/h1-5,10-12,19-21,33H,6-9,13-14H2. The number of amides is 1. The molecular formula is C24H24F6N2O2. The second kappa shape index (κ2) is 9.22. The maximum absolute atomic E-state index is 13.3. The number of carbonyl (C=O) groups is 1. The quantitative estimate of drug-likeness (QED) is 0.635. The number of β-amino-alcohol motifs (C(OH)–C–C–N with tert-alkyl or cyclic N) is 1. The van der Waals surface area contributed by atoms with Crippen molar-refractivity contribution in [2.45, 2.75) is 43.3 Å². The first-order valence-electron chi connectivity index (χ1n) is 11.0. The summed E-state index contributed by atoms with van der Waals surface area (Å²) in [6, 6.07) is 10.3. The number of halogens is 6. The summed E-state index contributed by atoms with van der Waals surface area (Å²) in [5.41, 5.74) is -2.73. The summed E-state index contributed by atoms with van der Waals surface area (Å²) in [6.45, 7) is 1.52. The van der Waals surface area contributed by atoms with Crippen LogP contribution in [0.5, 0.6) is 0 Å². The maximum atomic E-state index is 13.3. The summed E-state index contributed by atoms with van der Waals surface area (Å²) in [5.74, 6) is -1.06. The van der Waals surface area contributed by atoms with E-state index in [4.69, 9.17) is 0 Å². The molecule has 3 atom stereocenters. The molecule has 0 radical (unpaired) electrons. The molecular weight excluding hydrogens is 462 g/mol. The lowest BCUT2D eigenvalue weighted by molar-refractivity contribution is -0.143. The number of piperidine rings is 1. The Hall–Kier alpha value is -2.59. The minimum Gasteiger partial charge on any atom is -0.392 e. The van der Waals surface area contributed by atoms with Gasteiger partial charge in [0.1, 0.15) is 0 Å². The lowest BCUT2D eigenvalue weighted by Gasteiger charge is -2.43. The van der Waals surface area contributed by atoms with Crippen LogP contribution in [-0.4, -0.2) is 59.1 Å². The molecule has 2 saturated heterocycles. The lowest BCUT2D eigenvalue weighted by Crippen LogP contribution is -2.51. The van der Waals surface area contributed by atoms with Gasteiger partial charge < -0.3 is 10.0 Å². The molecule has 2 aliphatic rings. The molecule has 0 aliphatic carbocycles. The number of carbonyl (C=O) groups excluding carboxylic acids is 1. The van der Waals surface area contributed by atoms with Crippen molar-refractivity contribution in [2.24, 2.45) is 0 Å². The van der Waals surface area contributed by atoms with Gasteiger partial charge in [0.15, 0.2) is 0 Å². The van der Waals surface area contributed by atoms with Crippen LogP contribution < -0.4 is 0 Å². The molecule has 0 spiro atoms. The van der Waals surface area contributed by atoms with Crippen LogP contribution in [0.1, 0.15) is 45.8 Å². The van der Waals surface area contributed by atoms with Gasteiger partial charge in [-0.05, 0) is 36.6 Å². The molecule has 2 aromatic carbocycles. The Labute approximate surface area is 192 Å². The molecule has 2 heterocycles. The molecule has 3 unspecified atom stereocenters. The summed E-state index contributed by atoms with van der Waals surface area (Å²) in [6.07, 6.45) is -9.37. The van der Waals surface area contributed by atoms with Crippen LogP contribution in [-0.2, 0) is 12.4 Å². The van der Waals surface area contributed by atoms with E-state index >= 15 is 0 Å². The van der Waals surface area contributed by atoms with Gasteiger partial charge in [0.2, 0.25) is 0 Å². The SMILES string of the molecule is O=C(c1cc(C(F)(F)F)cc(C(F)(F)F)c1)N1CCC(N2CCC(O)C2)C(c2ccccc2)C1. The number of hydrogen-bond donors (Lipinski definition) is 1. The number of aliphatic hydroxyl groups is 1. The molecule has 0 bridgehead atoms. The van der Waals surface area contributed by atoms with E-state index < -0.39 is 41.1 Å².